The summed E-state index contributed by atoms with van der Waals surface area (Å²) in [4.78, 5) is 12.6. The van der Waals surface area contributed by atoms with Gasteiger partial charge in [-0.05, 0) is 7.05 Å². The predicted octanol–water partition coefficient (Wildman–Crippen LogP) is -0.0178. The lowest BCUT2D eigenvalue weighted by Crippen LogP contribution is -2.10. The van der Waals surface area contributed by atoms with Crippen molar-refractivity contribution in [2.75, 3.05) is 7.05 Å². The third-order valence-electron chi connectivity index (χ3n) is 2.21. The molecular weight excluding hydrogens is 170 g/mol. The first-order valence-electron chi connectivity index (χ1n) is 4.12. The Morgan fingerprint density at radius 2 is 2.46 bits per heavy atom. The fraction of sp³-hybridized carbons (Fsp3) is 0.500. The Kier molecular flexibility index (Phi) is 1.81. The summed E-state index contributed by atoms with van der Waals surface area (Å²) in [6, 6.07) is 0. The molecule has 0 radical (unpaired) electrons. The van der Waals surface area contributed by atoms with E-state index in [1.807, 2.05) is 7.05 Å². The number of nitrogens with one attached hydrogen (secondary N) is 1. The van der Waals surface area contributed by atoms with Crippen LogP contribution in [0.3, 0.4) is 0 Å². The van der Waals surface area contributed by atoms with Crippen LogP contribution in [-0.2, 0) is 24.3 Å². The minimum absolute atomic E-state index is 0.0136. The molecule has 0 aromatic carbocycles. The van der Waals surface area contributed by atoms with Crippen molar-refractivity contribution in [2.45, 2.75) is 19.5 Å². The summed E-state index contributed by atoms with van der Waals surface area (Å²) < 4.78 is 0. The maximum Gasteiger partial charge on any atom is 0.309 e. The standard InChI is InChI=1S/C8H11N3O2/c1-11-3-5-6(2-8(12)13)9-10-7(5)4-11/h2-4H2,1H3,(H,9,10)(H,12,13). The minimum Gasteiger partial charge on any atom is -0.481 e. The summed E-state index contributed by atoms with van der Waals surface area (Å²) in [5.74, 6) is -0.830. The zero-order valence-electron chi connectivity index (χ0n) is 7.37. The van der Waals surface area contributed by atoms with Crippen LogP contribution in [0.4, 0.5) is 0 Å². The zero-order valence-corrected chi connectivity index (χ0v) is 7.37. The van der Waals surface area contributed by atoms with Gasteiger partial charge in [-0.2, -0.15) is 5.10 Å². The molecule has 5 nitrogen and oxygen atoms in total. The van der Waals surface area contributed by atoms with Crippen LogP contribution in [0.1, 0.15) is 17.0 Å². The molecule has 0 saturated carbocycles. The lowest BCUT2D eigenvalue weighted by atomic mass is 10.2. The Balaban J connectivity index is 2.25. The highest BCUT2D eigenvalue weighted by atomic mass is 16.4. The van der Waals surface area contributed by atoms with E-state index in [4.69, 9.17) is 5.11 Å². The molecule has 2 heterocycles. The van der Waals surface area contributed by atoms with Crippen molar-refractivity contribution in [2.24, 2.45) is 0 Å². The Morgan fingerprint density at radius 1 is 1.69 bits per heavy atom. The number of nitrogens with zero attached hydrogens (tertiary/aromatic N) is 2. The summed E-state index contributed by atoms with van der Waals surface area (Å²) in [5, 5.41) is 15.5. The Hall–Kier alpha value is -1.36. The van der Waals surface area contributed by atoms with Crippen molar-refractivity contribution in [1.29, 1.82) is 0 Å². The van der Waals surface area contributed by atoms with Crippen LogP contribution in [0.15, 0.2) is 0 Å². The molecule has 0 atom stereocenters. The maximum atomic E-state index is 10.5. The highest BCUT2D eigenvalue weighted by Gasteiger charge is 2.22. The van der Waals surface area contributed by atoms with Gasteiger partial charge in [-0.1, -0.05) is 0 Å². The average Bonchev–Trinajstić information content (AvgIpc) is 2.51. The van der Waals surface area contributed by atoms with Gasteiger partial charge in [0.15, 0.2) is 0 Å². The zero-order chi connectivity index (χ0) is 9.42. The van der Waals surface area contributed by atoms with Crippen molar-refractivity contribution in [1.82, 2.24) is 15.1 Å². The van der Waals surface area contributed by atoms with E-state index >= 15 is 0 Å². The van der Waals surface area contributed by atoms with Gasteiger partial charge in [0, 0.05) is 18.7 Å². The molecule has 1 aromatic rings. The number of carboxylic acids is 1. The molecule has 0 unspecified atom stereocenters. The van der Waals surface area contributed by atoms with Gasteiger partial charge < -0.3 is 5.11 Å². The fourth-order valence-electron chi connectivity index (χ4n) is 1.65. The molecule has 70 valence electrons. The largest absolute Gasteiger partial charge is 0.481 e. The van der Waals surface area contributed by atoms with E-state index in [0.717, 1.165) is 24.3 Å². The van der Waals surface area contributed by atoms with Gasteiger partial charge in [-0.15, -0.1) is 0 Å². The number of aliphatic carboxylic acids is 1. The SMILES string of the molecule is CN1Cc2[nH]nc(CC(=O)O)c2C1. The fourth-order valence-corrected chi connectivity index (χ4v) is 1.65. The number of aromatic amines is 1. The van der Waals surface area contributed by atoms with Crippen LogP contribution in [0.2, 0.25) is 0 Å². The van der Waals surface area contributed by atoms with Crippen LogP contribution in [0, 0.1) is 0 Å². The minimum atomic E-state index is -0.830. The Morgan fingerprint density at radius 3 is 3.15 bits per heavy atom. The van der Waals surface area contributed by atoms with Crippen molar-refractivity contribution < 1.29 is 9.90 Å². The second kappa shape index (κ2) is 2.85. The van der Waals surface area contributed by atoms with Gasteiger partial charge in [0.1, 0.15) is 0 Å². The highest BCUT2D eigenvalue weighted by molar-refractivity contribution is 5.70. The van der Waals surface area contributed by atoms with Gasteiger partial charge in [-0.3, -0.25) is 14.8 Å². The number of rotatable bonds is 2. The third kappa shape index (κ3) is 1.42. The van der Waals surface area contributed by atoms with Crippen LogP contribution in [0.5, 0.6) is 0 Å². The number of hydrogen-bond donors (Lipinski definition) is 2. The summed E-state index contributed by atoms with van der Waals surface area (Å²) in [6.45, 7) is 1.64. The molecule has 13 heavy (non-hydrogen) atoms. The molecule has 5 heteroatoms. The number of H-pyrrole nitrogens is 1. The van der Waals surface area contributed by atoms with E-state index in [1.54, 1.807) is 0 Å². The molecule has 0 fully saturated rings. The molecule has 0 amide bonds. The van der Waals surface area contributed by atoms with Crippen LogP contribution >= 0.6 is 0 Å². The van der Waals surface area contributed by atoms with Crippen molar-refractivity contribution in [3.8, 4) is 0 Å². The highest BCUT2D eigenvalue weighted by Crippen LogP contribution is 2.22. The summed E-state index contributed by atoms with van der Waals surface area (Å²) in [5.41, 5.74) is 2.79. The van der Waals surface area contributed by atoms with Crippen LogP contribution < -0.4 is 0 Å². The van der Waals surface area contributed by atoms with E-state index in [0.29, 0.717) is 5.69 Å². The van der Waals surface area contributed by atoms with Crippen LogP contribution in [-0.4, -0.2) is 33.2 Å². The third-order valence-corrected chi connectivity index (χ3v) is 2.21. The second-order valence-corrected chi connectivity index (χ2v) is 3.37. The van der Waals surface area contributed by atoms with E-state index < -0.39 is 5.97 Å². The van der Waals surface area contributed by atoms with E-state index in [9.17, 15) is 4.79 Å². The molecule has 0 saturated heterocycles. The molecule has 1 aromatic heterocycles. The normalized spacial score (nSPS) is 16.1. The molecule has 1 aliphatic heterocycles. The number of carboxylic acid groups (broad SMARTS) is 1. The molecule has 2 N–H and O–H groups in total. The lowest BCUT2D eigenvalue weighted by Gasteiger charge is -2.04. The molecule has 0 spiro atoms. The Bertz CT molecular complexity index is 345. The molecule has 1 aliphatic rings. The van der Waals surface area contributed by atoms with Crippen molar-refractivity contribution in [3.63, 3.8) is 0 Å². The summed E-state index contributed by atoms with van der Waals surface area (Å²) >= 11 is 0. The van der Waals surface area contributed by atoms with Crippen LogP contribution in [0.25, 0.3) is 0 Å². The first-order valence-corrected chi connectivity index (χ1v) is 4.12. The lowest BCUT2D eigenvalue weighted by molar-refractivity contribution is -0.136. The molecule has 2 rings (SSSR count). The van der Waals surface area contributed by atoms with E-state index in [-0.39, 0.29) is 6.42 Å². The van der Waals surface area contributed by atoms with E-state index in [2.05, 4.69) is 15.1 Å². The van der Waals surface area contributed by atoms with Gasteiger partial charge >= 0.3 is 5.97 Å². The number of aromatic nitrogens is 2. The predicted molar refractivity (Wildman–Crippen MR) is 45.1 cm³/mol. The number of hydrogen-bond acceptors (Lipinski definition) is 3. The van der Waals surface area contributed by atoms with Crippen molar-refractivity contribution >= 4 is 5.97 Å². The number of fused-ring (bicyclic) bond motifs is 1. The quantitative estimate of drug-likeness (QED) is 0.672. The van der Waals surface area contributed by atoms with Gasteiger partial charge in [-0.25, -0.2) is 0 Å². The van der Waals surface area contributed by atoms with Gasteiger partial charge in [0.05, 0.1) is 17.8 Å². The van der Waals surface area contributed by atoms with E-state index in [1.165, 1.54) is 0 Å². The maximum absolute atomic E-state index is 10.5. The molecule has 0 bridgehead atoms. The average molecular weight is 181 g/mol. The molecular formula is C8H11N3O2. The summed E-state index contributed by atoms with van der Waals surface area (Å²) in [6.07, 6.45) is 0.0136. The van der Waals surface area contributed by atoms with Crippen molar-refractivity contribution in [3.05, 3.63) is 17.0 Å². The first kappa shape index (κ1) is 8.25. The second-order valence-electron chi connectivity index (χ2n) is 3.37. The molecule has 0 aliphatic carbocycles. The summed E-state index contributed by atoms with van der Waals surface area (Å²) in [7, 11) is 2.00. The smallest absolute Gasteiger partial charge is 0.309 e. The van der Waals surface area contributed by atoms with Gasteiger partial charge in [0.2, 0.25) is 0 Å². The number of carbonyl (C=O) groups is 1. The monoisotopic (exact) mass is 181 g/mol. The topological polar surface area (TPSA) is 69.2 Å². The Labute approximate surface area is 75.4 Å². The first-order chi connectivity index (χ1) is 6.16. The van der Waals surface area contributed by atoms with Gasteiger partial charge in [0.25, 0.3) is 0 Å².